The molecule has 102 valence electrons. The molecule has 4 heteroatoms. The van der Waals surface area contributed by atoms with Crippen molar-refractivity contribution >= 4 is 16.9 Å². The Bertz CT molecular complexity index is 714. The van der Waals surface area contributed by atoms with E-state index in [9.17, 15) is 0 Å². The van der Waals surface area contributed by atoms with Crippen molar-refractivity contribution in [1.29, 1.82) is 0 Å². The van der Waals surface area contributed by atoms with Crippen LogP contribution in [0.5, 0.6) is 0 Å². The Morgan fingerprint density at radius 1 is 1.05 bits per heavy atom. The average molecular weight is 268 g/mol. The minimum atomic E-state index is -0.833. The van der Waals surface area contributed by atoms with Crippen LogP contribution in [0.25, 0.3) is 22.2 Å². The molecule has 0 radical (unpaired) electrons. The highest BCUT2D eigenvalue weighted by Gasteiger charge is 2.08. The normalized spacial score (nSPS) is 9.90. The standard InChI is InChI=1S/C14H12N2.C2H4O2/c1-16-13-10-6-5-9-12(13)14(15-16)11-7-3-2-4-8-11;1-2(3)4/h2-10H,1H3;1H3,(H,3,4). The van der Waals surface area contributed by atoms with Gasteiger partial charge in [0.15, 0.2) is 0 Å². The molecule has 0 saturated carbocycles. The molecule has 0 saturated heterocycles. The summed E-state index contributed by atoms with van der Waals surface area (Å²) in [5, 5.41) is 13.2. The quantitative estimate of drug-likeness (QED) is 0.736. The second-order valence-corrected chi connectivity index (χ2v) is 4.37. The van der Waals surface area contributed by atoms with Crippen molar-refractivity contribution in [2.75, 3.05) is 0 Å². The maximum atomic E-state index is 9.00. The van der Waals surface area contributed by atoms with Gasteiger partial charge in [0.05, 0.1) is 5.52 Å². The molecule has 0 fully saturated rings. The van der Waals surface area contributed by atoms with Crippen molar-refractivity contribution in [1.82, 2.24) is 9.78 Å². The van der Waals surface area contributed by atoms with Gasteiger partial charge >= 0.3 is 0 Å². The molecule has 0 unspecified atom stereocenters. The van der Waals surface area contributed by atoms with E-state index in [1.807, 2.05) is 36.0 Å². The molecular formula is C16H16N2O2. The Labute approximate surface area is 117 Å². The van der Waals surface area contributed by atoms with E-state index >= 15 is 0 Å². The van der Waals surface area contributed by atoms with Crippen LogP contribution in [-0.4, -0.2) is 20.9 Å². The SMILES string of the molecule is CC(=O)O.Cn1nc(-c2ccccc2)c2ccccc21. The zero-order valence-corrected chi connectivity index (χ0v) is 11.4. The summed E-state index contributed by atoms with van der Waals surface area (Å²) in [7, 11) is 1.98. The van der Waals surface area contributed by atoms with E-state index in [4.69, 9.17) is 9.90 Å². The molecule has 1 aromatic heterocycles. The van der Waals surface area contributed by atoms with Crippen LogP contribution in [-0.2, 0) is 11.8 Å². The Morgan fingerprint density at radius 3 is 2.25 bits per heavy atom. The summed E-state index contributed by atoms with van der Waals surface area (Å²) in [4.78, 5) is 9.00. The second kappa shape index (κ2) is 6.02. The van der Waals surface area contributed by atoms with Gasteiger partial charge in [-0.15, -0.1) is 0 Å². The zero-order valence-electron chi connectivity index (χ0n) is 11.4. The maximum absolute atomic E-state index is 9.00. The highest BCUT2D eigenvalue weighted by molar-refractivity contribution is 5.93. The Kier molecular flexibility index (Phi) is 4.15. The lowest BCUT2D eigenvalue weighted by Crippen LogP contribution is -1.89. The molecule has 0 aliphatic rings. The Hall–Kier alpha value is -2.62. The molecule has 1 N–H and O–H groups in total. The zero-order chi connectivity index (χ0) is 14.5. The van der Waals surface area contributed by atoms with Gasteiger partial charge in [-0.3, -0.25) is 9.48 Å². The number of hydrogen-bond acceptors (Lipinski definition) is 2. The van der Waals surface area contributed by atoms with E-state index in [0.717, 1.165) is 12.6 Å². The summed E-state index contributed by atoms with van der Waals surface area (Å²) in [6.45, 7) is 1.08. The van der Waals surface area contributed by atoms with E-state index in [-0.39, 0.29) is 0 Å². The Balaban J connectivity index is 0.000000328. The summed E-state index contributed by atoms with van der Waals surface area (Å²) in [6.07, 6.45) is 0. The minimum Gasteiger partial charge on any atom is -0.481 e. The van der Waals surface area contributed by atoms with Gasteiger partial charge in [0.25, 0.3) is 5.97 Å². The van der Waals surface area contributed by atoms with Crippen LogP contribution >= 0.6 is 0 Å². The molecule has 0 aliphatic heterocycles. The lowest BCUT2D eigenvalue weighted by Gasteiger charge is -1.95. The number of para-hydroxylation sites is 1. The van der Waals surface area contributed by atoms with Gasteiger partial charge in [-0.25, -0.2) is 0 Å². The third-order valence-corrected chi connectivity index (χ3v) is 2.81. The average Bonchev–Trinajstić information content (AvgIpc) is 2.77. The number of carboxylic acid groups (broad SMARTS) is 1. The lowest BCUT2D eigenvalue weighted by molar-refractivity contribution is -0.134. The van der Waals surface area contributed by atoms with Crippen LogP contribution < -0.4 is 0 Å². The van der Waals surface area contributed by atoms with Crippen molar-refractivity contribution in [3.05, 3.63) is 54.6 Å². The van der Waals surface area contributed by atoms with Crippen LogP contribution in [0.2, 0.25) is 0 Å². The second-order valence-electron chi connectivity index (χ2n) is 4.37. The van der Waals surface area contributed by atoms with Gasteiger partial charge in [0.2, 0.25) is 0 Å². The molecule has 2 aromatic carbocycles. The van der Waals surface area contributed by atoms with Gasteiger partial charge in [-0.05, 0) is 6.07 Å². The van der Waals surface area contributed by atoms with Crippen LogP contribution in [0.15, 0.2) is 54.6 Å². The Morgan fingerprint density at radius 2 is 1.60 bits per heavy atom. The monoisotopic (exact) mass is 268 g/mol. The first-order valence-corrected chi connectivity index (χ1v) is 6.26. The molecule has 4 nitrogen and oxygen atoms in total. The van der Waals surface area contributed by atoms with Crippen molar-refractivity contribution in [3.8, 4) is 11.3 Å². The first-order valence-electron chi connectivity index (χ1n) is 6.26. The number of fused-ring (bicyclic) bond motifs is 1. The molecule has 0 amide bonds. The number of nitrogens with zero attached hydrogens (tertiary/aromatic N) is 2. The van der Waals surface area contributed by atoms with Gasteiger partial charge in [-0.2, -0.15) is 5.10 Å². The predicted octanol–water partition coefficient (Wildman–Crippen LogP) is 3.33. The fraction of sp³-hybridized carbons (Fsp3) is 0.125. The minimum absolute atomic E-state index is 0.833. The van der Waals surface area contributed by atoms with Crippen molar-refractivity contribution in [2.45, 2.75) is 6.92 Å². The number of aromatic nitrogens is 2. The fourth-order valence-corrected chi connectivity index (χ4v) is 2.02. The molecule has 20 heavy (non-hydrogen) atoms. The number of benzene rings is 2. The number of aryl methyl sites for hydroxylation is 1. The molecule has 3 aromatic rings. The molecule has 0 bridgehead atoms. The number of hydrogen-bond donors (Lipinski definition) is 1. The highest BCUT2D eigenvalue weighted by atomic mass is 16.4. The third-order valence-electron chi connectivity index (χ3n) is 2.81. The van der Waals surface area contributed by atoms with Gasteiger partial charge in [0, 0.05) is 24.9 Å². The van der Waals surface area contributed by atoms with Crippen molar-refractivity contribution in [3.63, 3.8) is 0 Å². The number of carboxylic acids is 1. The van der Waals surface area contributed by atoms with E-state index in [2.05, 4.69) is 35.4 Å². The summed E-state index contributed by atoms with van der Waals surface area (Å²) >= 11 is 0. The van der Waals surface area contributed by atoms with Gasteiger partial charge < -0.3 is 5.11 Å². The van der Waals surface area contributed by atoms with Crippen molar-refractivity contribution in [2.24, 2.45) is 7.05 Å². The predicted molar refractivity (Wildman–Crippen MR) is 79.5 cm³/mol. The molecule has 0 atom stereocenters. The molecule has 1 heterocycles. The van der Waals surface area contributed by atoms with Crippen LogP contribution in [0, 0.1) is 0 Å². The molecule has 0 aliphatic carbocycles. The first-order chi connectivity index (χ1) is 9.59. The summed E-state index contributed by atoms with van der Waals surface area (Å²) in [5.74, 6) is -0.833. The molecule has 0 spiro atoms. The number of aliphatic carboxylic acids is 1. The largest absolute Gasteiger partial charge is 0.481 e. The smallest absolute Gasteiger partial charge is 0.300 e. The topological polar surface area (TPSA) is 55.1 Å². The van der Waals surface area contributed by atoms with Crippen LogP contribution in [0.3, 0.4) is 0 Å². The first kappa shape index (κ1) is 13.8. The van der Waals surface area contributed by atoms with Crippen LogP contribution in [0.1, 0.15) is 6.92 Å². The lowest BCUT2D eigenvalue weighted by atomic mass is 10.1. The summed E-state index contributed by atoms with van der Waals surface area (Å²) in [5.41, 5.74) is 3.39. The number of rotatable bonds is 1. The van der Waals surface area contributed by atoms with Gasteiger partial charge in [0.1, 0.15) is 5.69 Å². The highest BCUT2D eigenvalue weighted by Crippen LogP contribution is 2.26. The van der Waals surface area contributed by atoms with Crippen LogP contribution in [0.4, 0.5) is 0 Å². The van der Waals surface area contributed by atoms with E-state index < -0.39 is 5.97 Å². The van der Waals surface area contributed by atoms with Gasteiger partial charge in [-0.1, -0.05) is 48.5 Å². The van der Waals surface area contributed by atoms with Crippen molar-refractivity contribution < 1.29 is 9.90 Å². The maximum Gasteiger partial charge on any atom is 0.300 e. The third kappa shape index (κ3) is 3.03. The summed E-state index contributed by atoms with van der Waals surface area (Å²) < 4.78 is 1.93. The molecular weight excluding hydrogens is 252 g/mol. The number of carbonyl (C=O) groups is 1. The van der Waals surface area contributed by atoms with E-state index in [1.54, 1.807) is 0 Å². The van der Waals surface area contributed by atoms with E-state index in [0.29, 0.717) is 0 Å². The summed E-state index contributed by atoms with van der Waals surface area (Å²) in [6, 6.07) is 18.6. The van der Waals surface area contributed by atoms with E-state index in [1.165, 1.54) is 16.5 Å². The fourth-order valence-electron chi connectivity index (χ4n) is 2.02. The molecule has 3 rings (SSSR count).